The minimum Gasteiger partial charge on any atom is -0.441 e. The molecule has 0 unspecified atom stereocenters. The summed E-state index contributed by atoms with van der Waals surface area (Å²) in [5.41, 5.74) is 4.35. The van der Waals surface area contributed by atoms with E-state index in [1.165, 1.54) is 0 Å². The molecule has 0 amide bonds. The SMILES string of the molecule is N#Cc1ccc(-c2ccc3oc(CCN4CCC[C@H]4O)nc3c2)cc1. The zero-order valence-corrected chi connectivity index (χ0v) is 13.9. The number of rotatable bonds is 4. The monoisotopic (exact) mass is 333 g/mol. The summed E-state index contributed by atoms with van der Waals surface area (Å²) in [5, 5.41) is 18.8. The molecule has 0 aliphatic carbocycles. The van der Waals surface area contributed by atoms with Crippen LogP contribution in [0.5, 0.6) is 0 Å². The normalized spacial score (nSPS) is 17.8. The number of benzene rings is 2. The van der Waals surface area contributed by atoms with Crippen molar-refractivity contribution < 1.29 is 9.52 Å². The van der Waals surface area contributed by atoms with E-state index in [9.17, 15) is 5.11 Å². The highest BCUT2D eigenvalue weighted by atomic mass is 16.3. The number of oxazole rings is 1. The Balaban J connectivity index is 1.53. The Morgan fingerprint density at radius 1 is 1.20 bits per heavy atom. The first-order valence-electron chi connectivity index (χ1n) is 8.55. The molecule has 25 heavy (non-hydrogen) atoms. The standard InChI is InChI=1S/C20H19N3O2/c21-13-14-3-5-15(6-4-14)16-7-8-18-17(12-16)22-19(25-18)9-11-23-10-1-2-20(23)24/h3-8,12,20,24H,1-2,9-11H2/t20-/m1/s1. The van der Waals surface area contributed by atoms with Crippen LogP contribution in [-0.4, -0.2) is 34.3 Å². The summed E-state index contributed by atoms with van der Waals surface area (Å²) in [5.74, 6) is 0.700. The van der Waals surface area contributed by atoms with Crippen molar-refractivity contribution in [3.05, 3.63) is 53.9 Å². The Morgan fingerprint density at radius 2 is 2.00 bits per heavy atom. The predicted octanol–water partition coefficient (Wildman–Crippen LogP) is 3.32. The van der Waals surface area contributed by atoms with Gasteiger partial charge in [-0.2, -0.15) is 5.26 Å². The van der Waals surface area contributed by atoms with Gasteiger partial charge in [-0.05, 0) is 48.2 Å². The molecule has 4 rings (SSSR count). The third-order valence-corrected chi connectivity index (χ3v) is 4.72. The molecule has 1 atom stereocenters. The van der Waals surface area contributed by atoms with E-state index < -0.39 is 0 Å². The number of aromatic nitrogens is 1. The van der Waals surface area contributed by atoms with Gasteiger partial charge in [-0.25, -0.2) is 4.98 Å². The summed E-state index contributed by atoms with van der Waals surface area (Å²) in [6.45, 7) is 1.70. The Bertz CT molecular complexity index is 924. The third-order valence-electron chi connectivity index (χ3n) is 4.72. The molecular weight excluding hydrogens is 314 g/mol. The van der Waals surface area contributed by atoms with Crippen LogP contribution in [0.2, 0.25) is 0 Å². The first kappa shape index (κ1) is 15.8. The van der Waals surface area contributed by atoms with Gasteiger partial charge >= 0.3 is 0 Å². The Morgan fingerprint density at radius 3 is 2.72 bits per heavy atom. The molecule has 5 nitrogen and oxygen atoms in total. The highest BCUT2D eigenvalue weighted by molar-refractivity contribution is 5.80. The fourth-order valence-electron chi connectivity index (χ4n) is 3.31. The van der Waals surface area contributed by atoms with Gasteiger partial charge in [-0.15, -0.1) is 0 Å². The maximum absolute atomic E-state index is 9.86. The van der Waals surface area contributed by atoms with Gasteiger partial charge < -0.3 is 9.52 Å². The average molecular weight is 333 g/mol. The molecule has 1 N–H and O–H groups in total. The molecule has 0 spiro atoms. The lowest BCUT2D eigenvalue weighted by Gasteiger charge is -2.18. The molecule has 0 radical (unpaired) electrons. The molecule has 1 fully saturated rings. The van der Waals surface area contributed by atoms with Gasteiger partial charge in [0, 0.05) is 19.5 Å². The molecule has 1 aromatic heterocycles. The molecule has 0 bridgehead atoms. The molecule has 1 aliphatic rings. The van der Waals surface area contributed by atoms with Gasteiger partial charge in [-0.3, -0.25) is 4.90 Å². The van der Waals surface area contributed by atoms with Crippen molar-refractivity contribution in [3.8, 4) is 17.2 Å². The Hall–Kier alpha value is -2.68. The molecule has 1 saturated heterocycles. The highest BCUT2D eigenvalue weighted by Crippen LogP contribution is 2.25. The predicted molar refractivity (Wildman–Crippen MR) is 94.7 cm³/mol. The summed E-state index contributed by atoms with van der Waals surface area (Å²) in [7, 11) is 0. The highest BCUT2D eigenvalue weighted by Gasteiger charge is 2.22. The molecular formula is C20H19N3O2. The van der Waals surface area contributed by atoms with Gasteiger partial charge in [0.05, 0.1) is 11.6 Å². The zero-order valence-electron chi connectivity index (χ0n) is 13.9. The van der Waals surface area contributed by atoms with Crippen LogP contribution >= 0.6 is 0 Å². The van der Waals surface area contributed by atoms with Gasteiger partial charge in [0.1, 0.15) is 11.7 Å². The topological polar surface area (TPSA) is 73.3 Å². The minimum absolute atomic E-state index is 0.327. The van der Waals surface area contributed by atoms with E-state index in [4.69, 9.17) is 9.68 Å². The summed E-state index contributed by atoms with van der Waals surface area (Å²) in [6, 6.07) is 15.6. The van der Waals surface area contributed by atoms with Gasteiger partial charge in [-0.1, -0.05) is 18.2 Å². The number of hydrogen-bond donors (Lipinski definition) is 1. The van der Waals surface area contributed by atoms with E-state index in [-0.39, 0.29) is 6.23 Å². The maximum Gasteiger partial charge on any atom is 0.196 e. The third kappa shape index (κ3) is 3.27. The summed E-state index contributed by atoms with van der Waals surface area (Å²) in [4.78, 5) is 6.66. The van der Waals surface area contributed by atoms with Crippen molar-refractivity contribution >= 4 is 11.1 Å². The second kappa shape index (κ2) is 6.67. The largest absolute Gasteiger partial charge is 0.441 e. The smallest absolute Gasteiger partial charge is 0.196 e. The van der Waals surface area contributed by atoms with Crippen molar-refractivity contribution in [1.82, 2.24) is 9.88 Å². The van der Waals surface area contributed by atoms with Crippen LogP contribution in [0.1, 0.15) is 24.3 Å². The molecule has 126 valence electrons. The lowest BCUT2D eigenvalue weighted by Crippen LogP contribution is -2.30. The van der Waals surface area contributed by atoms with E-state index in [1.54, 1.807) is 0 Å². The van der Waals surface area contributed by atoms with Crippen molar-refractivity contribution in [2.45, 2.75) is 25.5 Å². The van der Waals surface area contributed by atoms with E-state index in [0.29, 0.717) is 17.9 Å². The number of hydrogen-bond acceptors (Lipinski definition) is 5. The molecule has 1 aliphatic heterocycles. The first-order valence-corrected chi connectivity index (χ1v) is 8.55. The molecule has 2 aromatic carbocycles. The van der Waals surface area contributed by atoms with Crippen molar-refractivity contribution in [3.63, 3.8) is 0 Å². The van der Waals surface area contributed by atoms with Crippen LogP contribution < -0.4 is 0 Å². The number of aliphatic hydroxyl groups is 1. The molecule has 3 aromatic rings. The van der Waals surface area contributed by atoms with Crippen molar-refractivity contribution in [1.29, 1.82) is 5.26 Å². The van der Waals surface area contributed by atoms with Crippen molar-refractivity contribution in [2.75, 3.05) is 13.1 Å². The average Bonchev–Trinajstić information content (AvgIpc) is 3.24. The lowest BCUT2D eigenvalue weighted by molar-refractivity contribution is 0.0382. The van der Waals surface area contributed by atoms with Crippen LogP contribution in [0.4, 0.5) is 0 Å². The number of fused-ring (bicyclic) bond motifs is 1. The van der Waals surface area contributed by atoms with Crippen LogP contribution in [-0.2, 0) is 6.42 Å². The van der Waals surface area contributed by atoms with E-state index in [1.807, 2.05) is 42.5 Å². The molecule has 2 heterocycles. The number of likely N-dealkylation sites (tertiary alicyclic amines) is 1. The fourth-order valence-corrected chi connectivity index (χ4v) is 3.31. The quantitative estimate of drug-likeness (QED) is 0.793. The molecule has 0 saturated carbocycles. The zero-order chi connectivity index (χ0) is 17.2. The second-order valence-corrected chi connectivity index (χ2v) is 6.39. The van der Waals surface area contributed by atoms with Gasteiger partial charge in [0.2, 0.25) is 0 Å². The van der Waals surface area contributed by atoms with Crippen LogP contribution in [0.15, 0.2) is 46.9 Å². The summed E-state index contributed by atoms with van der Waals surface area (Å²) in [6.07, 6.45) is 2.26. The first-order chi connectivity index (χ1) is 12.2. The van der Waals surface area contributed by atoms with Crippen LogP contribution in [0.25, 0.3) is 22.2 Å². The van der Waals surface area contributed by atoms with Crippen LogP contribution in [0.3, 0.4) is 0 Å². The Labute approximate surface area is 146 Å². The van der Waals surface area contributed by atoms with Crippen molar-refractivity contribution in [2.24, 2.45) is 0 Å². The second-order valence-electron chi connectivity index (χ2n) is 6.39. The minimum atomic E-state index is -0.327. The van der Waals surface area contributed by atoms with Gasteiger partial charge in [0.25, 0.3) is 0 Å². The van der Waals surface area contributed by atoms with E-state index in [0.717, 1.165) is 48.2 Å². The number of nitrogens with zero attached hydrogens (tertiary/aromatic N) is 3. The lowest BCUT2D eigenvalue weighted by atomic mass is 10.0. The fraction of sp³-hybridized carbons (Fsp3) is 0.300. The summed E-state index contributed by atoms with van der Waals surface area (Å²) >= 11 is 0. The van der Waals surface area contributed by atoms with E-state index >= 15 is 0 Å². The van der Waals surface area contributed by atoms with E-state index in [2.05, 4.69) is 16.0 Å². The number of aliphatic hydroxyl groups excluding tert-OH is 1. The van der Waals surface area contributed by atoms with Crippen LogP contribution in [0, 0.1) is 11.3 Å². The Kier molecular flexibility index (Phi) is 4.22. The molecule has 5 heteroatoms. The maximum atomic E-state index is 9.86. The number of nitriles is 1. The summed E-state index contributed by atoms with van der Waals surface area (Å²) < 4.78 is 5.83. The van der Waals surface area contributed by atoms with Gasteiger partial charge in [0.15, 0.2) is 11.5 Å².